The third-order valence-electron chi connectivity index (χ3n) is 13.2. The van der Waals surface area contributed by atoms with Crippen LogP contribution in [0.5, 0.6) is 0 Å². The van der Waals surface area contributed by atoms with E-state index in [1.807, 2.05) is 11.3 Å². The number of hydrogen-bond acceptors (Lipinski definition) is 2. The van der Waals surface area contributed by atoms with Gasteiger partial charge in [0.2, 0.25) is 0 Å². The van der Waals surface area contributed by atoms with Gasteiger partial charge in [0.15, 0.2) is 0 Å². The lowest BCUT2D eigenvalue weighted by atomic mass is 9.96. The predicted molar refractivity (Wildman–Crippen MR) is 280 cm³/mol. The highest BCUT2D eigenvalue weighted by Crippen LogP contribution is 2.46. The zero-order valence-electron chi connectivity index (χ0n) is 35.4. The highest BCUT2D eigenvalue weighted by molar-refractivity contribution is 7.26. The molecule has 0 bridgehead atoms. The van der Waals surface area contributed by atoms with E-state index in [0.717, 1.165) is 17.1 Å². The Balaban J connectivity index is 0.968. The molecule has 13 aromatic rings. The molecule has 2 aromatic heterocycles. The molecule has 0 aliphatic heterocycles. The molecular formula is C62H40N2S. The van der Waals surface area contributed by atoms with Crippen LogP contribution in [0.2, 0.25) is 0 Å². The minimum Gasteiger partial charge on any atom is -0.310 e. The Morgan fingerprint density at radius 2 is 0.985 bits per heavy atom. The van der Waals surface area contributed by atoms with Crippen LogP contribution in [0.25, 0.3) is 103 Å². The van der Waals surface area contributed by atoms with Gasteiger partial charge in [-0.1, -0.05) is 182 Å². The Hall–Kier alpha value is -8.24. The summed E-state index contributed by atoms with van der Waals surface area (Å²) in [5.74, 6) is 0. The second-order valence-corrected chi connectivity index (χ2v) is 17.9. The van der Waals surface area contributed by atoms with Crippen LogP contribution in [-0.4, -0.2) is 4.57 Å². The number of benzene rings is 11. The molecule has 0 aliphatic rings. The Bertz CT molecular complexity index is 3950. The normalized spacial score (nSPS) is 11.7. The largest absolute Gasteiger partial charge is 0.310 e. The molecule has 11 aromatic carbocycles. The first kappa shape index (κ1) is 37.3. The van der Waals surface area contributed by atoms with Crippen molar-refractivity contribution in [3.63, 3.8) is 0 Å². The number of fused-ring (bicyclic) bond motifs is 9. The van der Waals surface area contributed by atoms with E-state index in [1.54, 1.807) is 0 Å². The van der Waals surface area contributed by atoms with Crippen molar-refractivity contribution in [2.24, 2.45) is 0 Å². The van der Waals surface area contributed by atoms with Crippen LogP contribution in [0.15, 0.2) is 243 Å². The quantitative estimate of drug-likeness (QED) is 0.145. The van der Waals surface area contributed by atoms with E-state index in [0.29, 0.717) is 0 Å². The minimum absolute atomic E-state index is 1.09. The van der Waals surface area contributed by atoms with Gasteiger partial charge < -0.3 is 9.47 Å². The summed E-state index contributed by atoms with van der Waals surface area (Å²) in [7, 11) is 0. The third-order valence-corrected chi connectivity index (χ3v) is 14.4. The molecule has 304 valence electrons. The monoisotopic (exact) mass is 844 g/mol. The third kappa shape index (κ3) is 6.16. The summed E-state index contributed by atoms with van der Waals surface area (Å²) >= 11 is 1.88. The lowest BCUT2D eigenvalue weighted by molar-refractivity contribution is 1.20. The summed E-state index contributed by atoms with van der Waals surface area (Å²) < 4.78 is 5.10. The first-order chi connectivity index (χ1) is 32.2. The molecule has 0 unspecified atom stereocenters. The maximum Gasteiger partial charge on any atom is 0.0640 e. The summed E-state index contributed by atoms with van der Waals surface area (Å²) in [5, 5.41) is 10.2. The first-order valence-corrected chi connectivity index (χ1v) is 23.1. The molecular weight excluding hydrogens is 805 g/mol. The second-order valence-electron chi connectivity index (χ2n) is 16.8. The highest BCUT2D eigenvalue weighted by atomic mass is 32.1. The molecule has 0 saturated carbocycles. The highest BCUT2D eigenvalue weighted by Gasteiger charge is 2.21. The molecule has 0 N–H and O–H groups in total. The standard InChI is InChI=1S/C62H40N2S/c1-2-15-42(16-3-1)51-21-6-9-26-56(51)63(47-36-33-41(34-37-47)44-35-38-50-46(39-44)32-31-43-17-4-5-20-49(43)50)48-19-12-18-45(40-48)52-24-13-28-58-61(52)55-23-7-10-27-57(55)64(58)59-29-14-25-54-53-22-8-11-30-60(53)65-62(54)59/h1-40H. The summed E-state index contributed by atoms with van der Waals surface area (Å²) in [6.45, 7) is 0. The molecule has 0 atom stereocenters. The Morgan fingerprint density at radius 3 is 1.89 bits per heavy atom. The van der Waals surface area contributed by atoms with Crippen LogP contribution in [0.3, 0.4) is 0 Å². The van der Waals surface area contributed by atoms with Crippen LogP contribution in [-0.2, 0) is 0 Å². The van der Waals surface area contributed by atoms with Crippen LogP contribution >= 0.6 is 11.3 Å². The van der Waals surface area contributed by atoms with E-state index in [-0.39, 0.29) is 0 Å². The van der Waals surface area contributed by atoms with E-state index < -0.39 is 0 Å². The van der Waals surface area contributed by atoms with Crippen molar-refractivity contribution in [3.8, 4) is 39.1 Å². The van der Waals surface area contributed by atoms with Gasteiger partial charge in [-0.15, -0.1) is 11.3 Å². The van der Waals surface area contributed by atoms with Crippen molar-refractivity contribution in [1.29, 1.82) is 0 Å². The molecule has 0 saturated heterocycles. The molecule has 0 amide bonds. The topological polar surface area (TPSA) is 8.17 Å². The Morgan fingerprint density at radius 1 is 0.338 bits per heavy atom. The summed E-state index contributed by atoms with van der Waals surface area (Å²) in [5.41, 5.74) is 14.0. The van der Waals surface area contributed by atoms with E-state index in [4.69, 9.17) is 0 Å². The van der Waals surface area contributed by atoms with Crippen molar-refractivity contribution in [2.45, 2.75) is 0 Å². The number of aromatic nitrogens is 1. The Labute approximate surface area is 381 Å². The fourth-order valence-electron chi connectivity index (χ4n) is 10.2. The number of para-hydroxylation sites is 2. The van der Waals surface area contributed by atoms with E-state index >= 15 is 0 Å². The van der Waals surface area contributed by atoms with E-state index in [2.05, 4.69) is 252 Å². The maximum absolute atomic E-state index is 2.48. The van der Waals surface area contributed by atoms with Crippen LogP contribution in [0, 0.1) is 0 Å². The van der Waals surface area contributed by atoms with Gasteiger partial charge in [0.05, 0.1) is 27.1 Å². The molecule has 2 nitrogen and oxygen atoms in total. The molecule has 13 rings (SSSR count). The van der Waals surface area contributed by atoms with Gasteiger partial charge >= 0.3 is 0 Å². The lowest BCUT2D eigenvalue weighted by Crippen LogP contribution is -2.11. The van der Waals surface area contributed by atoms with Crippen molar-refractivity contribution in [3.05, 3.63) is 243 Å². The lowest BCUT2D eigenvalue weighted by Gasteiger charge is -2.28. The van der Waals surface area contributed by atoms with E-state index in [1.165, 1.54) is 103 Å². The SMILES string of the molecule is c1ccc(-c2ccccc2N(c2ccc(-c3ccc4c(ccc5ccccc54)c3)cc2)c2cccc(-c3cccc4c3c3ccccc3n4-c3cccc4c3sc3ccccc34)c2)cc1. The smallest absolute Gasteiger partial charge is 0.0640 e. The number of anilines is 3. The average molecular weight is 845 g/mol. The molecule has 2 heterocycles. The van der Waals surface area contributed by atoms with Crippen molar-refractivity contribution >= 4 is 91.9 Å². The number of thiophene rings is 1. The van der Waals surface area contributed by atoms with E-state index in [9.17, 15) is 0 Å². The molecule has 65 heavy (non-hydrogen) atoms. The van der Waals surface area contributed by atoms with Gasteiger partial charge in [-0.25, -0.2) is 0 Å². The van der Waals surface area contributed by atoms with Gasteiger partial charge in [0.1, 0.15) is 0 Å². The molecule has 0 spiro atoms. The molecule has 3 heteroatoms. The van der Waals surface area contributed by atoms with Crippen molar-refractivity contribution in [1.82, 2.24) is 4.57 Å². The van der Waals surface area contributed by atoms with Crippen molar-refractivity contribution < 1.29 is 0 Å². The first-order valence-electron chi connectivity index (χ1n) is 22.2. The van der Waals surface area contributed by atoms with Gasteiger partial charge in [0.25, 0.3) is 0 Å². The summed E-state index contributed by atoms with van der Waals surface area (Å²) in [6.07, 6.45) is 0. The Kier molecular flexibility index (Phi) is 8.75. The predicted octanol–water partition coefficient (Wildman–Crippen LogP) is 17.9. The van der Waals surface area contributed by atoms with Gasteiger partial charge in [-0.2, -0.15) is 0 Å². The van der Waals surface area contributed by atoms with Gasteiger partial charge in [-0.05, 0) is 110 Å². The van der Waals surface area contributed by atoms with Crippen LogP contribution in [0.1, 0.15) is 0 Å². The van der Waals surface area contributed by atoms with Gasteiger partial charge in [0, 0.05) is 43.2 Å². The molecule has 0 radical (unpaired) electrons. The van der Waals surface area contributed by atoms with Crippen molar-refractivity contribution in [2.75, 3.05) is 4.90 Å². The fraction of sp³-hybridized carbons (Fsp3) is 0. The maximum atomic E-state index is 2.48. The zero-order valence-corrected chi connectivity index (χ0v) is 36.2. The second kappa shape index (κ2) is 15.2. The van der Waals surface area contributed by atoms with Gasteiger partial charge in [-0.3, -0.25) is 0 Å². The van der Waals surface area contributed by atoms with Crippen LogP contribution in [0.4, 0.5) is 17.1 Å². The minimum atomic E-state index is 1.09. The summed E-state index contributed by atoms with van der Waals surface area (Å²) in [4.78, 5) is 2.42. The average Bonchev–Trinajstić information content (AvgIpc) is 3.93. The number of rotatable bonds is 7. The zero-order chi connectivity index (χ0) is 42.8. The molecule has 0 aliphatic carbocycles. The molecule has 0 fully saturated rings. The fourth-order valence-corrected chi connectivity index (χ4v) is 11.4. The summed E-state index contributed by atoms with van der Waals surface area (Å²) in [6, 6.07) is 88.9. The van der Waals surface area contributed by atoms with Crippen LogP contribution < -0.4 is 4.90 Å². The number of nitrogens with zero attached hydrogens (tertiary/aromatic N) is 2. The number of hydrogen-bond donors (Lipinski definition) is 0.